The van der Waals surface area contributed by atoms with Crippen molar-refractivity contribution in [2.75, 3.05) is 11.5 Å². The number of hydrogen-bond acceptors (Lipinski definition) is 3. The lowest BCUT2D eigenvalue weighted by molar-refractivity contribution is -0.147. The summed E-state index contributed by atoms with van der Waals surface area (Å²) in [6.45, 7) is 2.04. The Morgan fingerprint density at radius 3 is 2.87 bits per heavy atom. The standard InChI is InChI=1S/C10H13NO3S/c1-2-15-5-6-3-7-4-8(12)11(7)9(6)10(13)14/h7H,2-5H2,1H3,(H,13,14). The molecule has 1 saturated heterocycles. The molecule has 82 valence electrons. The van der Waals surface area contributed by atoms with Crippen LogP contribution in [-0.4, -0.2) is 39.4 Å². The van der Waals surface area contributed by atoms with E-state index in [1.54, 1.807) is 11.8 Å². The van der Waals surface area contributed by atoms with Crippen molar-refractivity contribution in [3.63, 3.8) is 0 Å². The highest BCUT2D eigenvalue weighted by molar-refractivity contribution is 7.99. The number of carbonyl (C=O) groups excluding carboxylic acids is 1. The summed E-state index contributed by atoms with van der Waals surface area (Å²) in [5.41, 5.74) is 1.17. The van der Waals surface area contributed by atoms with E-state index in [9.17, 15) is 9.59 Å². The molecule has 15 heavy (non-hydrogen) atoms. The summed E-state index contributed by atoms with van der Waals surface area (Å²) < 4.78 is 0. The van der Waals surface area contributed by atoms with E-state index >= 15 is 0 Å². The third kappa shape index (κ3) is 1.65. The summed E-state index contributed by atoms with van der Waals surface area (Å²) in [4.78, 5) is 23.8. The van der Waals surface area contributed by atoms with Crippen molar-refractivity contribution in [2.45, 2.75) is 25.8 Å². The van der Waals surface area contributed by atoms with Crippen molar-refractivity contribution >= 4 is 23.6 Å². The molecule has 0 aromatic heterocycles. The Hall–Kier alpha value is -0.970. The van der Waals surface area contributed by atoms with E-state index in [1.165, 1.54) is 4.90 Å². The minimum absolute atomic E-state index is 0.0473. The fourth-order valence-electron chi connectivity index (χ4n) is 2.11. The second-order valence-corrected chi connectivity index (χ2v) is 4.99. The molecule has 0 aromatic rings. The van der Waals surface area contributed by atoms with E-state index in [1.807, 2.05) is 6.92 Å². The van der Waals surface area contributed by atoms with E-state index in [2.05, 4.69) is 0 Å². The Morgan fingerprint density at radius 2 is 2.33 bits per heavy atom. The van der Waals surface area contributed by atoms with Crippen molar-refractivity contribution in [3.8, 4) is 0 Å². The second-order valence-electron chi connectivity index (χ2n) is 3.72. The predicted octanol–water partition coefficient (Wildman–Crippen LogP) is 1.08. The first kappa shape index (κ1) is 10.5. The molecule has 0 bridgehead atoms. The van der Waals surface area contributed by atoms with Crippen molar-refractivity contribution in [2.24, 2.45) is 0 Å². The zero-order valence-corrected chi connectivity index (χ0v) is 9.34. The molecule has 2 aliphatic rings. The Labute approximate surface area is 92.3 Å². The average molecular weight is 227 g/mol. The summed E-state index contributed by atoms with van der Waals surface area (Å²) in [5.74, 6) is 0.694. The minimum atomic E-state index is -0.961. The van der Waals surface area contributed by atoms with Gasteiger partial charge in [-0.25, -0.2) is 4.79 Å². The van der Waals surface area contributed by atoms with Crippen LogP contribution in [0.4, 0.5) is 0 Å². The molecule has 4 nitrogen and oxygen atoms in total. The van der Waals surface area contributed by atoms with Gasteiger partial charge in [0.2, 0.25) is 5.91 Å². The first-order valence-corrected chi connectivity index (χ1v) is 6.15. The quantitative estimate of drug-likeness (QED) is 0.730. The SMILES string of the molecule is CCSCC1=C(C(=O)O)N2C(=O)CC2C1. The topological polar surface area (TPSA) is 57.6 Å². The van der Waals surface area contributed by atoms with Crippen LogP contribution in [0.25, 0.3) is 0 Å². The molecule has 1 N–H and O–H groups in total. The highest BCUT2D eigenvalue weighted by Crippen LogP contribution is 2.39. The molecule has 2 aliphatic heterocycles. The van der Waals surface area contributed by atoms with E-state index in [0.29, 0.717) is 6.42 Å². The Balaban J connectivity index is 2.19. The molecular formula is C10H13NO3S. The number of carboxylic acids is 1. The first-order chi connectivity index (χ1) is 7.15. The molecule has 2 heterocycles. The van der Waals surface area contributed by atoms with Crippen molar-refractivity contribution in [1.82, 2.24) is 4.90 Å². The van der Waals surface area contributed by atoms with Gasteiger partial charge in [0, 0.05) is 18.2 Å². The number of carbonyl (C=O) groups is 2. The maximum absolute atomic E-state index is 11.3. The van der Waals surface area contributed by atoms with Gasteiger partial charge in [0.05, 0.1) is 0 Å². The molecule has 5 heteroatoms. The van der Waals surface area contributed by atoms with Gasteiger partial charge in [0.15, 0.2) is 0 Å². The van der Waals surface area contributed by atoms with E-state index in [0.717, 1.165) is 23.5 Å². The predicted molar refractivity (Wildman–Crippen MR) is 57.5 cm³/mol. The lowest BCUT2D eigenvalue weighted by atomic mass is 10.0. The van der Waals surface area contributed by atoms with Crippen molar-refractivity contribution in [1.29, 1.82) is 0 Å². The summed E-state index contributed by atoms with van der Waals surface area (Å²) in [6, 6.07) is 0.135. The molecule has 2 rings (SSSR count). The molecule has 0 radical (unpaired) electrons. The maximum atomic E-state index is 11.3. The number of rotatable bonds is 4. The Morgan fingerprint density at radius 1 is 1.60 bits per heavy atom. The lowest BCUT2D eigenvalue weighted by Gasteiger charge is -2.35. The minimum Gasteiger partial charge on any atom is -0.477 e. The summed E-state index contributed by atoms with van der Waals surface area (Å²) in [6.07, 6.45) is 1.26. The number of carboxylic acid groups (broad SMARTS) is 1. The maximum Gasteiger partial charge on any atom is 0.352 e. The van der Waals surface area contributed by atoms with E-state index < -0.39 is 5.97 Å². The molecule has 0 aliphatic carbocycles. The normalized spacial score (nSPS) is 24.2. The number of β-lactam (4-membered cyclic amide) rings is 1. The van der Waals surface area contributed by atoms with Crippen molar-refractivity contribution < 1.29 is 14.7 Å². The van der Waals surface area contributed by atoms with Gasteiger partial charge >= 0.3 is 5.97 Å². The fraction of sp³-hybridized carbons (Fsp3) is 0.600. The van der Waals surface area contributed by atoms with Crippen molar-refractivity contribution in [3.05, 3.63) is 11.3 Å². The number of fused-ring (bicyclic) bond motifs is 1. The van der Waals surface area contributed by atoms with Crippen LogP contribution >= 0.6 is 11.8 Å². The number of amides is 1. The summed E-state index contributed by atoms with van der Waals surface area (Å²) in [7, 11) is 0. The van der Waals surface area contributed by atoms with E-state index in [-0.39, 0.29) is 17.6 Å². The zero-order valence-electron chi connectivity index (χ0n) is 8.52. The number of hydrogen-bond donors (Lipinski definition) is 1. The largest absolute Gasteiger partial charge is 0.477 e. The molecule has 0 spiro atoms. The summed E-state index contributed by atoms with van der Waals surface area (Å²) >= 11 is 1.70. The molecule has 0 saturated carbocycles. The van der Waals surface area contributed by atoms with Gasteiger partial charge in [-0.1, -0.05) is 6.92 Å². The highest BCUT2D eigenvalue weighted by Gasteiger charge is 2.46. The van der Waals surface area contributed by atoms with Crippen LogP contribution in [0.2, 0.25) is 0 Å². The van der Waals surface area contributed by atoms with Gasteiger partial charge < -0.3 is 10.0 Å². The van der Waals surface area contributed by atoms with Crippen LogP contribution in [0.3, 0.4) is 0 Å². The second kappa shape index (κ2) is 3.89. The number of thioether (sulfide) groups is 1. The monoisotopic (exact) mass is 227 g/mol. The molecule has 1 atom stereocenters. The van der Waals surface area contributed by atoms with Gasteiger partial charge in [-0.2, -0.15) is 11.8 Å². The van der Waals surface area contributed by atoms with Crippen LogP contribution in [0.1, 0.15) is 19.8 Å². The van der Waals surface area contributed by atoms with Crippen LogP contribution in [-0.2, 0) is 9.59 Å². The average Bonchev–Trinajstić information content (AvgIpc) is 2.47. The summed E-state index contributed by atoms with van der Waals surface area (Å²) in [5, 5.41) is 9.06. The van der Waals surface area contributed by atoms with E-state index in [4.69, 9.17) is 5.11 Å². The Kier molecular flexibility index (Phi) is 2.73. The third-order valence-electron chi connectivity index (χ3n) is 2.78. The Bertz CT molecular complexity index is 351. The van der Waals surface area contributed by atoms with Crippen LogP contribution < -0.4 is 0 Å². The molecule has 1 fully saturated rings. The van der Waals surface area contributed by atoms with Gasteiger partial charge in [-0.3, -0.25) is 4.79 Å². The van der Waals surface area contributed by atoms with Gasteiger partial charge in [-0.15, -0.1) is 0 Å². The lowest BCUT2D eigenvalue weighted by Crippen LogP contribution is -2.49. The number of nitrogens with zero attached hydrogens (tertiary/aromatic N) is 1. The molecular weight excluding hydrogens is 214 g/mol. The molecule has 1 unspecified atom stereocenters. The van der Waals surface area contributed by atoms with Gasteiger partial charge in [0.25, 0.3) is 0 Å². The van der Waals surface area contributed by atoms with Gasteiger partial charge in [-0.05, 0) is 17.7 Å². The van der Waals surface area contributed by atoms with Crippen LogP contribution in [0.15, 0.2) is 11.3 Å². The first-order valence-electron chi connectivity index (χ1n) is 5.00. The van der Waals surface area contributed by atoms with Crippen LogP contribution in [0, 0.1) is 0 Å². The number of aliphatic carboxylic acids is 1. The van der Waals surface area contributed by atoms with Gasteiger partial charge in [0.1, 0.15) is 5.70 Å². The highest BCUT2D eigenvalue weighted by atomic mass is 32.2. The third-order valence-corrected chi connectivity index (χ3v) is 3.75. The fourth-order valence-corrected chi connectivity index (χ4v) is 2.82. The smallest absolute Gasteiger partial charge is 0.352 e. The van der Waals surface area contributed by atoms with Crippen LogP contribution in [0.5, 0.6) is 0 Å². The zero-order chi connectivity index (χ0) is 11.0. The molecule has 1 amide bonds. The molecule has 0 aromatic carbocycles.